The molecule has 0 aliphatic rings. The van der Waals surface area contributed by atoms with Crippen molar-refractivity contribution in [1.29, 1.82) is 5.26 Å². The Balaban J connectivity index is 1.30. The molecule has 4 aromatic rings. The fourth-order valence-electron chi connectivity index (χ4n) is 3.62. The minimum absolute atomic E-state index is 0.0561. The van der Waals surface area contributed by atoms with Gasteiger partial charge in [0.05, 0.1) is 24.4 Å². The van der Waals surface area contributed by atoms with Crippen molar-refractivity contribution in [2.24, 2.45) is 0 Å². The van der Waals surface area contributed by atoms with Gasteiger partial charge in [0.2, 0.25) is 5.78 Å². The molecule has 2 heterocycles. The van der Waals surface area contributed by atoms with Crippen LogP contribution >= 0.6 is 0 Å². The van der Waals surface area contributed by atoms with Gasteiger partial charge < -0.3 is 14.6 Å². The smallest absolute Gasteiger partial charge is 0.308 e. The number of fused-ring (bicyclic) bond motifs is 2. The van der Waals surface area contributed by atoms with Crippen LogP contribution in [0.3, 0.4) is 0 Å². The van der Waals surface area contributed by atoms with E-state index < -0.39 is 18.5 Å². The molecule has 0 unspecified atom stereocenters. The summed E-state index contributed by atoms with van der Waals surface area (Å²) in [5.41, 5.74) is 2.28. The van der Waals surface area contributed by atoms with Gasteiger partial charge in [-0.3, -0.25) is 19.5 Å². The van der Waals surface area contributed by atoms with E-state index in [0.717, 1.165) is 16.4 Å². The quantitative estimate of drug-likeness (QED) is 0.302. The molecule has 2 aromatic heterocycles. The van der Waals surface area contributed by atoms with Crippen LogP contribution in [-0.2, 0) is 16.1 Å². The van der Waals surface area contributed by atoms with Gasteiger partial charge in [-0.25, -0.2) is 0 Å². The van der Waals surface area contributed by atoms with Crippen LogP contribution in [-0.4, -0.2) is 45.6 Å². The average Bonchev–Trinajstić information content (AvgIpc) is 3.43. The lowest BCUT2D eigenvalue weighted by Gasteiger charge is -2.05. The number of aromatic nitrogens is 3. The number of amides is 1. The fourth-order valence-corrected chi connectivity index (χ4v) is 3.62. The maximum atomic E-state index is 12.7. The molecule has 0 aliphatic carbocycles. The Bertz CT molecular complexity index is 1380. The molecule has 1 amide bonds. The van der Waals surface area contributed by atoms with Gasteiger partial charge >= 0.3 is 5.97 Å². The number of para-hydroxylation sites is 2. The number of carbonyl (C=O) groups excluding carboxylic acids is 3. The molecule has 4 rings (SSSR count). The highest BCUT2D eigenvalue weighted by atomic mass is 16.5. The predicted octanol–water partition coefficient (Wildman–Crippen LogP) is 2.98. The number of ketones is 1. The van der Waals surface area contributed by atoms with Crippen molar-refractivity contribution in [3.8, 4) is 6.07 Å². The number of carbonyl (C=O) groups is 3. The van der Waals surface area contributed by atoms with Crippen molar-refractivity contribution < 1.29 is 19.1 Å². The van der Waals surface area contributed by atoms with Crippen LogP contribution in [0.2, 0.25) is 0 Å². The molecule has 2 N–H and O–H groups in total. The third-order valence-electron chi connectivity index (χ3n) is 5.22. The summed E-state index contributed by atoms with van der Waals surface area (Å²) in [5, 5.41) is 19.7. The van der Waals surface area contributed by atoms with E-state index in [2.05, 4.69) is 21.6 Å². The van der Waals surface area contributed by atoms with Gasteiger partial charge in [0.15, 0.2) is 12.3 Å². The van der Waals surface area contributed by atoms with Gasteiger partial charge in [-0.1, -0.05) is 36.4 Å². The summed E-state index contributed by atoms with van der Waals surface area (Å²) in [5.74, 6) is -1.33. The van der Waals surface area contributed by atoms with Crippen molar-refractivity contribution in [2.45, 2.75) is 19.4 Å². The van der Waals surface area contributed by atoms with Crippen LogP contribution in [0.25, 0.3) is 21.8 Å². The second-order valence-electron chi connectivity index (χ2n) is 7.37. The molecule has 0 radical (unpaired) electrons. The summed E-state index contributed by atoms with van der Waals surface area (Å²) >= 11 is 0. The summed E-state index contributed by atoms with van der Waals surface area (Å²) in [6.45, 7) is 0.124. The first kappa shape index (κ1) is 21.8. The zero-order valence-electron chi connectivity index (χ0n) is 17.7. The third-order valence-corrected chi connectivity index (χ3v) is 5.22. The van der Waals surface area contributed by atoms with E-state index in [1.54, 1.807) is 12.3 Å². The first-order chi connectivity index (χ1) is 16.1. The topological polar surface area (TPSA) is 130 Å². The standard InChI is InChI=1S/C24H21N5O4/c25-11-5-13-29-14-18(16-6-2-4-9-20(16)29)21(30)15-33-22(31)10-12-26-24(32)23-17-7-1-3-8-19(17)27-28-23/h1-4,6-9,14H,5,10,12-13,15H2,(H,26,32)(H,27,28). The second-order valence-corrected chi connectivity index (χ2v) is 7.37. The zero-order chi connectivity index (χ0) is 23.2. The normalized spacial score (nSPS) is 10.8. The van der Waals surface area contributed by atoms with Crippen LogP contribution in [0.1, 0.15) is 33.7 Å². The van der Waals surface area contributed by atoms with E-state index in [0.29, 0.717) is 23.9 Å². The summed E-state index contributed by atoms with van der Waals surface area (Å²) in [6.07, 6.45) is 1.93. The molecule has 0 spiro atoms. The number of aryl methyl sites for hydroxylation is 1. The maximum Gasteiger partial charge on any atom is 0.308 e. The minimum Gasteiger partial charge on any atom is -0.457 e. The molecular weight excluding hydrogens is 422 g/mol. The molecule has 166 valence electrons. The molecule has 0 fully saturated rings. The van der Waals surface area contributed by atoms with Gasteiger partial charge in [0, 0.05) is 41.1 Å². The third kappa shape index (κ3) is 4.75. The maximum absolute atomic E-state index is 12.7. The highest BCUT2D eigenvalue weighted by Gasteiger charge is 2.17. The Morgan fingerprint density at radius 3 is 2.67 bits per heavy atom. The van der Waals surface area contributed by atoms with Gasteiger partial charge in [0.25, 0.3) is 5.91 Å². The zero-order valence-corrected chi connectivity index (χ0v) is 17.7. The number of Topliss-reactive ketones (excluding diaryl/α,β-unsaturated/α-hetero) is 1. The molecule has 0 saturated heterocycles. The second kappa shape index (κ2) is 9.78. The number of hydrogen-bond acceptors (Lipinski definition) is 6. The monoisotopic (exact) mass is 443 g/mol. The molecule has 9 nitrogen and oxygen atoms in total. The van der Waals surface area contributed by atoms with Crippen molar-refractivity contribution >= 4 is 39.5 Å². The molecule has 0 saturated carbocycles. The number of nitrogens with one attached hydrogen (secondary N) is 2. The van der Waals surface area contributed by atoms with Crippen LogP contribution in [0.4, 0.5) is 0 Å². The molecule has 33 heavy (non-hydrogen) atoms. The lowest BCUT2D eigenvalue weighted by atomic mass is 10.1. The molecule has 2 aromatic carbocycles. The van der Waals surface area contributed by atoms with Gasteiger partial charge in [0.1, 0.15) is 0 Å². The Labute approximate surface area is 188 Å². The number of ether oxygens (including phenoxy) is 1. The first-order valence-electron chi connectivity index (χ1n) is 10.4. The first-order valence-corrected chi connectivity index (χ1v) is 10.4. The summed E-state index contributed by atoms with van der Waals surface area (Å²) < 4.78 is 6.97. The Hall–Kier alpha value is -4.45. The molecule has 9 heteroatoms. The van der Waals surface area contributed by atoms with Crippen LogP contribution in [0.15, 0.2) is 54.7 Å². The number of esters is 1. The summed E-state index contributed by atoms with van der Waals surface area (Å²) in [7, 11) is 0. The number of aromatic amines is 1. The number of H-pyrrole nitrogens is 1. The lowest BCUT2D eigenvalue weighted by molar-refractivity contribution is -0.142. The average molecular weight is 443 g/mol. The van der Waals surface area contributed by atoms with Crippen molar-refractivity contribution in [1.82, 2.24) is 20.1 Å². The highest BCUT2D eigenvalue weighted by Crippen LogP contribution is 2.22. The van der Waals surface area contributed by atoms with E-state index in [4.69, 9.17) is 10.00 Å². The van der Waals surface area contributed by atoms with E-state index in [1.165, 1.54) is 0 Å². The van der Waals surface area contributed by atoms with Crippen molar-refractivity contribution in [3.63, 3.8) is 0 Å². The molecule has 0 aliphatic heterocycles. The SMILES string of the molecule is N#CCCn1cc(C(=O)COC(=O)CCNC(=O)c2n[nH]c3ccccc23)c2ccccc21. The minimum atomic E-state index is -0.594. The van der Waals surface area contributed by atoms with E-state index >= 15 is 0 Å². The fraction of sp³-hybridized carbons (Fsp3) is 0.208. The highest BCUT2D eigenvalue weighted by molar-refractivity contribution is 6.09. The van der Waals surface area contributed by atoms with E-state index in [1.807, 2.05) is 47.0 Å². The van der Waals surface area contributed by atoms with E-state index in [-0.39, 0.29) is 24.4 Å². The van der Waals surface area contributed by atoms with Crippen LogP contribution < -0.4 is 5.32 Å². The number of benzene rings is 2. The Kier molecular flexibility index (Phi) is 6.45. The number of rotatable bonds is 9. The van der Waals surface area contributed by atoms with Gasteiger partial charge in [-0.2, -0.15) is 10.4 Å². The largest absolute Gasteiger partial charge is 0.457 e. The lowest BCUT2D eigenvalue weighted by Crippen LogP contribution is -2.27. The van der Waals surface area contributed by atoms with Gasteiger partial charge in [-0.05, 0) is 12.1 Å². The number of hydrogen-bond donors (Lipinski definition) is 2. The van der Waals surface area contributed by atoms with Gasteiger partial charge in [-0.15, -0.1) is 0 Å². The summed E-state index contributed by atoms with van der Waals surface area (Å²) in [6, 6.07) is 16.7. The Morgan fingerprint density at radius 1 is 1.09 bits per heavy atom. The number of nitriles is 1. The summed E-state index contributed by atoms with van der Waals surface area (Å²) in [4.78, 5) is 37.1. The molecule has 0 bridgehead atoms. The Morgan fingerprint density at radius 2 is 1.85 bits per heavy atom. The van der Waals surface area contributed by atoms with E-state index in [9.17, 15) is 14.4 Å². The van der Waals surface area contributed by atoms with Crippen molar-refractivity contribution in [2.75, 3.05) is 13.2 Å². The number of nitrogens with zero attached hydrogens (tertiary/aromatic N) is 3. The molecular formula is C24H21N5O4. The van der Waals surface area contributed by atoms with Crippen molar-refractivity contribution in [3.05, 3.63) is 66.0 Å². The molecule has 0 atom stereocenters. The predicted molar refractivity (Wildman–Crippen MR) is 121 cm³/mol. The van der Waals surface area contributed by atoms with Crippen LogP contribution in [0.5, 0.6) is 0 Å². The van der Waals surface area contributed by atoms with Crippen LogP contribution in [0, 0.1) is 11.3 Å².